The molecule has 27 heavy (non-hydrogen) atoms. The fourth-order valence-electron chi connectivity index (χ4n) is 2.40. The van der Waals surface area contributed by atoms with Crippen molar-refractivity contribution in [1.82, 2.24) is 10.2 Å². The van der Waals surface area contributed by atoms with E-state index in [1.54, 1.807) is 24.3 Å². The number of amides is 2. The molecule has 2 N–H and O–H groups in total. The molecule has 7 heteroatoms. The molecule has 1 aromatic carbocycles. The fraction of sp³-hybridized carbons (Fsp3) is 0.200. The van der Waals surface area contributed by atoms with Gasteiger partial charge in [-0.25, -0.2) is 0 Å². The summed E-state index contributed by atoms with van der Waals surface area (Å²) in [6.07, 6.45) is 4.96. The number of hydrogen-bond donors (Lipinski definition) is 2. The first-order chi connectivity index (χ1) is 13.0. The van der Waals surface area contributed by atoms with Crippen molar-refractivity contribution in [2.45, 2.75) is 0 Å². The number of likely N-dealkylation sites (N-methyl/N-ethyl adjacent to an activating group) is 1. The molecule has 0 fully saturated rings. The van der Waals surface area contributed by atoms with Gasteiger partial charge in [0.2, 0.25) is 5.91 Å². The number of ether oxygens (including phenoxy) is 1. The average molecular weight is 383 g/mol. The molecule has 6 nitrogen and oxygen atoms in total. The second-order valence-corrected chi connectivity index (χ2v) is 7.21. The van der Waals surface area contributed by atoms with Crippen molar-refractivity contribution in [2.24, 2.45) is 0 Å². The van der Waals surface area contributed by atoms with Crippen LogP contribution in [-0.4, -0.2) is 43.9 Å². The van der Waals surface area contributed by atoms with Gasteiger partial charge in [0.15, 0.2) is 11.5 Å². The highest BCUT2D eigenvalue weighted by atomic mass is 32.1. The van der Waals surface area contributed by atoms with Crippen molar-refractivity contribution in [2.75, 3.05) is 32.5 Å². The van der Waals surface area contributed by atoms with E-state index in [9.17, 15) is 9.59 Å². The maximum absolute atomic E-state index is 12.2. The third-order valence-electron chi connectivity index (χ3n) is 3.78. The Balaban J connectivity index is 1.62. The molecule has 3 rings (SSSR count). The smallest absolute Gasteiger partial charge is 0.291 e. The topological polar surface area (TPSA) is 70.7 Å². The number of anilines is 1. The summed E-state index contributed by atoms with van der Waals surface area (Å²) in [5.41, 5.74) is 1.56. The first-order valence-corrected chi connectivity index (χ1v) is 9.38. The van der Waals surface area contributed by atoms with Gasteiger partial charge in [0.1, 0.15) is 0 Å². The molecule has 1 aliphatic rings. The molecule has 2 heterocycles. The molecular weight excluding hydrogens is 362 g/mol. The van der Waals surface area contributed by atoms with Crippen molar-refractivity contribution in [3.8, 4) is 5.75 Å². The molecule has 0 spiro atoms. The molecule has 1 aliphatic heterocycles. The summed E-state index contributed by atoms with van der Waals surface area (Å²) in [5.74, 6) is 0.455. The number of rotatable bonds is 6. The monoisotopic (exact) mass is 383 g/mol. The average Bonchev–Trinajstić information content (AvgIpc) is 3.08. The van der Waals surface area contributed by atoms with Crippen molar-refractivity contribution in [1.29, 1.82) is 0 Å². The lowest BCUT2D eigenvalue weighted by Gasteiger charge is -2.19. The third-order valence-corrected chi connectivity index (χ3v) is 4.68. The van der Waals surface area contributed by atoms with Crippen LogP contribution in [-0.2, 0) is 9.59 Å². The van der Waals surface area contributed by atoms with Crippen molar-refractivity contribution < 1.29 is 14.3 Å². The van der Waals surface area contributed by atoms with Gasteiger partial charge in [0.25, 0.3) is 5.91 Å². The zero-order chi connectivity index (χ0) is 19.2. The summed E-state index contributed by atoms with van der Waals surface area (Å²) in [7, 11) is 3.91. The molecule has 1 aromatic heterocycles. The molecule has 0 unspecified atom stereocenters. The summed E-state index contributed by atoms with van der Waals surface area (Å²) in [4.78, 5) is 26.8. The van der Waals surface area contributed by atoms with Crippen LogP contribution in [0.25, 0.3) is 12.2 Å². The van der Waals surface area contributed by atoms with Gasteiger partial charge in [-0.15, -0.1) is 11.3 Å². The Labute approximate surface area is 162 Å². The number of benzene rings is 1. The number of nitrogens with one attached hydrogen (secondary N) is 2. The van der Waals surface area contributed by atoms with E-state index >= 15 is 0 Å². The Morgan fingerprint density at radius 3 is 2.96 bits per heavy atom. The van der Waals surface area contributed by atoms with E-state index in [2.05, 4.69) is 10.6 Å². The Bertz CT molecular complexity index is 899. The summed E-state index contributed by atoms with van der Waals surface area (Å²) in [6.45, 7) is 1.39. The first-order valence-electron chi connectivity index (χ1n) is 8.50. The zero-order valence-electron chi connectivity index (χ0n) is 15.2. The Morgan fingerprint density at radius 2 is 2.15 bits per heavy atom. The lowest BCUT2D eigenvalue weighted by Crippen LogP contribution is -2.30. The summed E-state index contributed by atoms with van der Waals surface area (Å²) >= 11 is 1.47. The number of fused-ring (bicyclic) bond motifs is 1. The molecule has 0 radical (unpaired) electrons. The second-order valence-electron chi connectivity index (χ2n) is 6.27. The Morgan fingerprint density at radius 1 is 1.33 bits per heavy atom. The van der Waals surface area contributed by atoms with Gasteiger partial charge in [-0.3, -0.25) is 9.59 Å². The molecule has 0 saturated heterocycles. The molecule has 140 valence electrons. The lowest BCUT2D eigenvalue weighted by molar-refractivity contribution is -0.116. The number of nitrogens with zero attached hydrogens (tertiary/aromatic N) is 1. The minimum atomic E-state index is -0.278. The van der Waals surface area contributed by atoms with E-state index in [0.717, 1.165) is 17.0 Å². The first kappa shape index (κ1) is 18.9. The predicted octanol–water partition coefficient (Wildman–Crippen LogP) is 2.81. The number of para-hydroxylation sites is 2. The summed E-state index contributed by atoms with van der Waals surface area (Å²) in [6, 6.07) is 9.19. The zero-order valence-corrected chi connectivity index (χ0v) is 16.0. The van der Waals surface area contributed by atoms with Crippen LogP contribution >= 0.6 is 11.3 Å². The number of hydrogen-bond acceptors (Lipinski definition) is 5. The molecule has 0 aliphatic carbocycles. The van der Waals surface area contributed by atoms with Gasteiger partial charge in [-0.1, -0.05) is 12.1 Å². The maximum atomic E-state index is 12.2. The summed E-state index contributed by atoms with van der Waals surface area (Å²) in [5, 5.41) is 7.55. The quantitative estimate of drug-likeness (QED) is 0.753. The van der Waals surface area contributed by atoms with E-state index < -0.39 is 0 Å². The standard InChI is InChI=1S/C20H21N3O3S/c1-23(2)10-9-21-19(24)8-7-14-11-15(27-13-14)12-18-20(25)22-16-5-3-4-6-17(16)26-18/h3-8,11-13H,9-10H2,1-2H3,(H,21,24)(H,22,25)/b8-7+,18-12-. The van der Waals surface area contributed by atoms with E-state index in [4.69, 9.17) is 4.74 Å². The van der Waals surface area contributed by atoms with Crippen LogP contribution in [0.15, 0.2) is 47.5 Å². The van der Waals surface area contributed by atoms with E-state index in [1.165, 1.54) is 17.4 Å². The molecule has 2 amide bonds. The number of thiophene rings is 1. The van der Waals surface area contributed by atoms with Gasteiger partial charge >= 0.3 is 0 Å². The van der Waals surface area contributed by atoms with Crippen LogP contribution in [0.5, 0.6) is 5.75 Å². The molecule has 0 saturated carbocycles. The van der Waals surface area contributed by atoms with Gasteiger partial charge in [-0.05, 0) is 49.3 Å². The molecule has 2 aromatic rings. The minimum absolute atomic E-state index is 0.130. The van der Waals surface area contributed by atoms with E-state index in [1.807, 2.05) is 42.6 Å². The summed E-state index contributed by atoms with van der Waals surface area (Å²) < 4.78 is 5.69. The number of carbonyl (C=O) groups is 2. The van der Waals surface area contributed by atoms with Crippen LogP contribution in [0.3, 0.4) is 0 Å². The van der Waals surface area contributed by atoms with Crippen LogP contribution < -0.4 is 15.4 Å². The lowest BCUT2D eigenvalue weighted by atomic mass is 10.2. The van der Waals surface area contributed by atoms with Gasteiger partial charge in [-0.2, -0.15) is 0 Å². The van der Waals surface area contributed by atoms with Crippen molar-refractivity contribution in [3.05, 3.63) is 58.0 Å². The van der Waals surface area contributed by atoms with Crippen LogP contribution in [0, 0.1) is 0 Å². The van der Waals surface area contributed by atoms with Gasteiger partial charge < -0.3 is 20.3 Å². The third kappa shape index (κ3) is 5.29. The Kier molecular flexibility index (Phi) is 6.05. The Hall–Kier alpha value is -2.90. The van der Waals surface area contributed by atoms with Crippen molar-refractivity contribution >= 4 is 41.0 Å². The minimum Gasteiger partial charge on any atom is -0.449 e. The van der Waals surface area contributed by atoms with E-state index in [0.29, 0.717) is 18.0 Å². The van der Waals surface area contributed by atoms with Gasteiger partial charge in [0.05, 0.1) is 5.69 Å². The molecule has 0 atom stereocenters. The SMILES string of the molecule is CN(C)CCNC(=O)/C=C/c1csc(/C=C2\Oc3ccccc3NC2=O)c1. The largest absolute Gasteiger partial charge is 0.449 e. The molecular formula is C20H21N3O3S. The van der Waals surface area contributed by atoms with Crippen molar-refractivity contribution in [3.63, 3.8) is 0 Å². The number of carbonyl (C=O) groups excluding carboxylic acids is 2. The highest BCUT2D eigenvalue weighted by Crippen LogP contribution is 2.31. The van der Waals surface area contributed by atoms with Crippen LogP contribution in [0.4, 0.5) is 5.69 Å². The second kappa shape index (κ2) is 8.66. The predicted molar refractivity (Wildman–Crippen MR) is 109 cm³/mol. The maximum Gasteiger partial charge on any atom is 0.291 e. The fourth-order valence-corrected chi connectivity index (χ4v) is 3.19. The highest BCUT2D eigenvalue weighted by Gasteiger charge is 2.21. The highest BCUT2D eigenvalue weighted by molar-refractivity contribution is 7.11. The van der Waals surface area contributed by atoms with Crippen LogP contribution in [0.1, 0.15) is 10.4 Å². The van der Waals surface area contributed by atoms with Gasteiger partial charge in [0, 0.05) is 30.1 Å². The van der Waals surface area contributed by atoms with E-state index in [-0.39, 0.29) is 17.6 Å². The van der Waals surface area contributed by atoms with Crippen LogP contribution in [0.2, 0.25) is 0 Å². The normalized spacial score (nSPS) is 14.9. The molecule has 0 bridgehead atoms.